The number of ether oxygens (including phenoxy) is 2. The molecule has 2 amide bonds. The van der Waals surface area contributed by atoms with Gasteiger partial charge in [-0.1, -0.05) is 26.0 Å². The molecule has 0 bridgehead atoms. The summed E-state index contributed by atoms with van der Waals surface area (Å²) in [5.74, 6) is 0.312. The third-order valence-corrected chi connectivity index (χ3v) is 5.07. The molecule has 7 heteroatoms. The second kappa shape index (κ2) is 11.9. The molecule has 0 saturated carbocycles. The largest absolute Gasteiger partial charge is 0.497 e. The summed E-state index contributed by atoms with van der Waals surface area (Å²) in [6.07, 6.45) is 1.23. The number of rotatable bonds is 11. The molecule has 0 radical (unpaired) electrons. The van der Waals surface area contributed by atoms with Gasteiger partial charge in [0.2, 0.25) is 5.91 Å². The molecule has 31 heavy (non-hydrogen) atoms. The molecule has 0 saturated heterocycles. The van der Waals surface area contributed by atoms with Gasteiger partial charge in [0.25, 0.3) is 5.91 Å². The van der Waals surface area contributed by atoms with Crippen molar-refractivity contribution in [1.29, 1.82) is 0 Å². The molecule has 0 fully saturated rings. The lowest BCUT2D eigenvalue weighted by Crippen LogP contribution is -2.51. The molecule has 2 aromatic carbocycles. The van der Waals surface area contributed by atoms with E-state index in [9.17, 15) is 14.0 Å². The maximum atomic E-state index is 13.3. The average molecular weight is 431 g/mol. The summed E-state index contributed by atoms with van der Waals surface area (Å²) in [7, 11) is 1.57. The van der Waals surface area contributed by atoms with E-state index in [1.54, 1.807) is 43.5 Å². The SMILES string of the molecule is CC[C@H](C)NC(=O)[C@H](CC)N(Cc1ccc(F)cc1)C(=O)COc1ccc(OC)cc1. The number of carbonyl (C=O) groups excluding carboxylic acids is 2. The molecule has 2 rings (SSSR count). The van der Waals surface area contributed by atoms with Crippen LogP contribution in [0.25, 0.3) is 0 Å². The van der Waals surface area contributed by atoms with E-state index in [4.69, 9.17) is 9.47 Å². The van der Waals surface area contributed by atoms with Crippen molar-refractivity contribution in [2.24, 2.45) is 0 Å². The van der Waals surface area contributed by atoms with Gasteiger partial charge in [-0.05, 0) is 61.7 Å². The second-order valence-corrected chi connectivity index (χ2v) is 7.35. The predicted octanol–water partition coefficient (Wildman–Crippen LogP) is 3.94. The van der Waals surface area contributed by atoms with E-state index in [2.05, 4.69) is 5.32 Å². The zero-order chi connectivity index (χ0) is 22.8. The van der Waals surface area contributed by atoms with Crippen molar-refractivity contribution in [3.8, 4) is 11.5 Å². The smallest absolute Gasteiger partial charge is 0.261 e. The number of hydrogen-bond donors (Lipinski definition) is 1. The fourth-order valence-electron chi connectivity index (χ4n) is 3.05. The van der Waals surface area contributed by atoms with Crippen LogP contribution < -0.4 is 14.8 Å². The Kier molecular flexibility index (Phi) is 9.31. The Hall–Kier alpha value is -3.09. The van der Waals surface area contributed by atoms with E-state index < -0.39 is 6.04 Å². The van der Waals surface area contributed by atoms with Crippen molar-refractivity contribution in [3.05, 3.63) is 59.9 Å². The van der Waals surface area contributed by atoms with Crippen LogP contribution in [-0.4, -0.2) is 42.5 Å². The summed E-state index contributed by atoms with van der Waals surface area (Å²) in [6, 6.07) is 12.1. The van der Waals surface area contributed by atoms with Crippen LogP contribution in [0, 0.1) is 5.82 Å². The van der Waals surface area contributed by atoms with Crippen LogP contribution in [0.3, 0.4) is 0 Å². The molecule has 0 aliphatic carbocycles. The number of nitrogens with zero attached hydrogens (tertiary/aromatic N) is 1. The summed E-state index contributed by atoms with van der Waals surface area (Å²) < 4.78 is 24.1. The van der Waals surface area contributed by atoms with Gasteiger partial charge in [0, 0.05) is 12.6 Å². The minimum absolute atomic E-state index is 0.000118. The van der Waals surface area contributed by atoms with Gasteiger partial charge in [-0.3, -0.25) is 9.59 Å². The van der Waals surface area contributed by atoms with Gasteiger partial charge >= 0.3 is 0 Å². The van der Waals surface area contributed by atoms with Crippen molar-refractivity contribution in [3.63, 3.8) is 0 Å². The zero-order valence-electron chi connectivity index (χ0n) is 18.6. The molecule has 2 atom stereocenters. The maximum Gasteiger partial charge on any atom is 0.261 e. The van der Waals surface area contributed by atoms with Crippen molar-refractivity contribution >= 4 is 11.8 Å². The van der Waals surface area contributed by atoms with Gasteiger partial charge in [-0.25, -0.2) is 4.39 Å². The van der Waals surface area contributed by atoms with Gasteiger partial charge < -0.3 is 19.7 Å². The van der Waals surface area contributed by atoms with E-state index in [0.29, 0.717) is 17.9 Å². The Balaban J connectivity index is 2.18. The van der Waals surface area contributed by atoms with Crippen LogP contribution in [0.15, 0.2) is 48.5 Å². The highest BCUT2D eigenvalue weighted by atomic mass is 19.1. The lowest BCUT2D eigenvalue weighted by Gasteiger charge is -2.31. The normalized spacial score (nSPS) is 12.5. The molecule has 1 N–H and O–H groups in total. The van der Waals surface area contributed by atoms with Crippen LogP contribution in [-0.2, 0) is 16.1 Å². The van der Waals surface area contributed by atoms with Gasteiger partial charge in [0.1, 0.15) is 23.4 Å². The molecular weight excluding hydrogens is 399 g/mol. The monoisotopic (exact) mass is 430 g/mol. The molecule has 6 nitrogen and oxygen atoms in total. The van der Waals surface area contributed by atoms with Crippen molar-refractivity contribution in [2.75, 3.05) is 13.7 Å². The van der Waals surface area contributed by atoms with E-state index in [1.807, 2.05) is 20.8 Å². The summed E-state index contributed by atoms with van der Waals surface area (Å²) >= 11 is 0. The van der Waals surface area contributed by atoms with Crippen LogP contribution in [0.5, 0.6) is 11.5 Å². The fourth-order valence-corrected chi connectivity index (χ4v) is 3.05. The average Bonchev–Trinajstić information content (AvgIpc) is 2.78. The number of halogens is 1. The van der Waals surface area contributed by atoms with E-state index in [-0.39, 0.29) is 36.8 Å². The summed E-state index contributed by atoms with van der Waals surface area (Å²) in [5.41, 5.74) is 0.731. The lowest BCUT2D eigenvalue weighted by molar-refractivity contribution is -0.143. The number of nitrogens with one attached hydrogen (secondary N) is 1. The predicted molar refractivity (Wildman–Crippen MR) is 117 cm³/mol. The standard InChI is InChI=1S/C24H31FN2O4/c1-5-17(3)26-24(29)22(6-2)27(15-18-7-9-19(25)10-8-18)23(28)16-31-21-13-11-20(30-4)12-14-21/h7-14,17,22H,5-6,15-16H2,1-4H3,(H,26,29)/t17-,22-/m0/s1. The van der Waals surface area contributed by atoms with Crippen LogP contribution in [0.2, 0.25) is 0 Å². The van der Waals surface area contributed by atoms with Crippen LogP contribution >= 0.6 is 0 Å². The highest BCUT2D eigenvalue weighted by Crippen LogP contribution is 2.18. The van der Waals surface area contributed by atoms with Crippen molar-refractivity contribution < 1.29 is 23.5 Å². The first-order chi connectivity index (χ1) is 14.9. The quantitative estimate of drug-likeness (QED) is 0.586. The third-order valence-electron chi connectivity index (χ3n) is 5.07. The molecule has 0 unspecified atom stereocenters. The first-order valence-corrected chi connectivity index (χ1v) is 10.5. The lowest BCUT2D eigenvalue weighted by atomic mass is 10.1. The summed E-state index contributed by atoms with van der Waals surface area (Å²) in [4.78, 5) is 27.4. The van der Waals surface area contributed by atoms with Crippen molar-refractivity contribution in [2.45, 2.75) is 52.2 Å². The number of amides is 2. The van der Waals surface area contributed by atoms with E-state index >= 15 is 0 Å². The highest BCUT2D eigenvalue weighted by molar-refractivity contribution is 5.88. The molecule has 0 aliphatic rings. The number of hydrogen-bond acceptors (Lipinski definition) is 4. The minimum atomic E-state index is -0.661. The minimum Gasteiger partial charge on any atom is -0.497 e. The molecular formula is C24H31FN2O4. The molecule has 0 aliphatic heterocycles. The van der Waals surface area contributed by atoms with E-state index in [1.165, 1.54) is 17.0 Å². The van der Waals surface area contributed by atoms with Crippen LogP contribution in [0.1, 0.15) is 39.2 Å². The second-order valence-electron chi connectivity index (χ2n) is 7.35. The number of benzene rings is 2. The first-order valence-electron chi connectivity index (χ1n) is 10.5. The first kappa shape index (κ1) is 24.2. The topological polar surface area (TPSA) is 67.9 Å². The van der Waals surface area contributed by atoms with Gasteiger partial charge in [0.15, 0.2) is 6.61 Å². The van der Waals surface area contributed by atoms with E-state index in [0.717, 1.165) is 12.0 Å². The molecule has 0 heterocycles. The Bertz CT molecular complexity index is 840. The van der Waals surface area contributed by atoms with Gasteiger partial charge in [0.05, 0.1) is 7.11 Å². The molecule has 0 spiro atoms. The third kappa shape index (κ3) is 7.27. The Morgan fingerprint density at radius 2 is 1.61 bits per heavy atom. The van der Waals surface area contributed by atoms with Crippen LogP contribution in [0.4, 0.5) is 4.39 Å². The molecule has 168 valence electrons. The highest BCUT2D eigenvalue weighted by Gasteiger charge is 2.29. The fraction of sp³-hybridized carbons (Fsp3) is 0.417. The Morgan fingerprint density at radius 3 is 2.16 bits per heavy atom. The van der Waals surface area contributed by atoms with Gasteiger partial charge in [-0.2, -0.15) is 0 Å². The number of methoxy groups -OCH3 is 1. The Labute approximate surface area is 183 Å². The number of carbonyl (C=O) groups is 2. The zero-order valence-corrected chi connectivity index (χ0v) is 18.6. The molecule has 0 aromatic heterocycles. The maximum absolute atomic E-state index is 13.3. The van der Waals surface area contributed by atoms with Gasteiger partial charge in [-0.15, -0.1) is 0 Å². The Morgan fingerprint density at radius 1 is 1.00 bits per heavy atom. The molecule has 2 aromatic rings. The van der Waals surface area contributed by atoms with Crippen molar-refractivity contribution in [1.82, 2.24) is 10.2 Å². The summed E-state index contributed by atoms with van der Waals surface area (Å²) in [6.45, 7) is 5.72. The summed E-state index contributed by atoms with van der Waals surface area (Å²) in [5, 5.41) is 2.95.